The Balaban J connectivity index is 1.87. The van der Waals surface area contributed by atoms with Gasteiger partial charge in [0.05, 0.1) is 5.56 Å². The first kappa shape index (κ1) is 16.0. The van der Waals surface area contributed by atoms with E-state index in [0.717, 1.165) is 25.6 Å². The molecule has 0 aromatic heterocycles. The average molecular weight is 289 g/mol. The predicted octanol–water partition coefficient (Wildman–Crippen LogP) is 4.03. The standard InChI is InChI=1S/C18H27NO2/c1-14(2)12-18(3)8-10-19(11-9-18)13-15-4-6-16(7-5-15)17(20)21/h4-7,14H,8-13H2,1-3H3,(H,20,21). The van der Waals surface area contributed by atoms with Crippen LogP contribution < -0.4 is 0 Å². The normalized spacial score (nSPS) is 18.9. The third-order valence-electron chi connectivity index (χ3n) is 4.57. The Kier molecular flexibility index (Phi) is 5.04. The molecule has 0 bridgehead atoms. The average Bonchev–Trinajstić information content (AvgIpc) is 2.41. The molecule has 1 fully saturated rings. The lowest BCUT2D eigenvalue weighted by molar-refractivity contribution is 0.0696. The highest BCUT2D eigenvalue weighted by Crippen LogP contribution is 2.37. The van der Waals surface area contributed by atoms with E-state index in [1.807, 2.05) is 12.1 Å². The summed E-state index contributed by atoms with van der Waals surface area (Å²) < 4.78 is 0. The first-order chi connectivity index (χ1) is 9.88. The van der Waals surface area contributed by atoms with E-state index in [-0.39, 0.29) is 0 Å². The number of carboxylic acid groups (broad SMARTS) is 1. The van der Waals surface area contributed by atoms with Gasteiger partial charge in [-0.15, -0.1) is 0 Å². The van der Waals surface area contributed by atoms with Gasteiger partial charge in [-0.3, -0.25) is 4.90 Å². The summed E-state index contributed by atoms with van der Waals surface area (Å²) in [5.41, 5.74) is 2.06. The zero-order valence-corrected chi connectivity index (χ0v) is 13.4. The van der Waals surface area contributed by atoms with Gasteiger partial charge in [0.25, 0.3) is 0 Å². The zero-order chi connectivity index (χ0) is 15.5. The highest BCUT2D eigenvalue weighted by Gasteiger charge is 2.30. The van der Waals surface area contributed by atoms with Crippen LogP contribution in [0.5, 0.6) is 0 Å². The van der Waals surface area contributed by atoms with E-state index in [2.05, 4.69) is 25.7 Å². The van der Waals surface area contributed by atoms with Crippen molar-refractivity contribution in [1.82, 2.24) is 4.90 Å². The van der Waals surface area contributed by atoms with Crippen LogP contribution in [0.1, 0.15) is 56.0 Å². The lowest BCUT2D eigenvalue weighted by atomic mass is 9.74. The van der Waals surface area contributed by atoms with Crippen molar-refractivity contribution in [2.75, 3.05) is 13.1 Å². The van der Waals surface area contributed by atoms with Crippen LogP contribution in [0.15, 0.2) is 24.3 Å². The Labute approximate surface area is 128 Å². The van der Waals surface area contributed by atoms with Crippen LogP contribution in [-0.2, 0) is 6.54 Å². The second kappa shape index (κ2) is 6.61. The lowest BCUT2D eigenvalue weighted by Gasteiger charge is -2.40. The second-order valence-electron chi connectivity index (χ2n) is 7.19. The van der Waals surface area contributed by atoms with Crippen LogP contribution >= 0.6 is 0 Å². The van der Waals surface area contributed by atoms with Gasteiger partial charge < -0.3 is 5.11 Å². The molecule has 21 heavy (non-hydrogen) atoms. The molecule has 0 spiro atoms. The summed E-state index contributed by atoms with van der Waals surface area (Å²) in [5.74, 6) is -0.0888. The smallest absolute Gasteiger partial charge is 0.335 e. The van der Waals surface area contributed by atoms with Crippen LogP contribution in [-0.4, -0.2) is 29.1 Å². The van der Waals surface area contributed by atoms with Crippen molar-refractivity contribution in [3.8, 4) is 0 Å². The molecule has 1 saturated heterocycles. The summed E-state index contributed by atoms with van der Waals surface area (Å²) in [5, 5.41) is 8.92. The van der Waals surface area contributed by atoms with Crippen LogP contribution in [0, 0.1) is 11.3 Å². The SMILES string of the molecule is CC(C)CC1(C)CCN(Cc2ccc(C(=O)O)cc2)CC1. The molecule has 0 aliphatic carbocycles. The number of nitrogens with zero attached hydrogens (tertiary/aromatic N) is 1. The van der Waals surface area contributed by atoms with Crippen molar-refractivity contribution in [2.24, 2.45) is 11.3 Å². The largest absolute Gasteiger partial charge is 0.478 e. The van der Waals surface area contributed by atoms with Gasteiger partial charge in [-0.1, -0.05) is 32.9 Å². The molecule has 0 atom stereocenters. The van der Waals surface area contributed by atoms with Gasteiger partial charge in [0.2, 0.25) is 0 Å². The van der Waals surface area contributed by atoms with Crippen molar-refractivity contribution in [1.29, 1.82) is 0 Å². The highest BCUT2D eigenvalue weighted by molar-refractivity contribution is 5.87. The molecule has 2 rings (SSSR count). The Morgan fingerprint density at radius 3 is 2.29 bits per heavy atom. The maximum atomic E-state index is 10.9. The first-order valence-electron chi connectivity index (χ1n) is 7.92. The van der Waals surface area contributed by atoms with Gasteiger partial charge in [0.1, 0.15) is 0 Å². The Morgan fingerprint density at radius 2 is 1.81 bits per heavy atom. The summed E-state index contributed by atoms with van der Waals surface area (Å²) >= 11 is 0. The molecule has 0 unspecified atom stereocenters. The maximum absolute atomic E-state index is 10.9. The molecule has 1 heterocycles. The van der Waals surface area contributed by atoms with Gasteiger partial charge in [-0.2, -0.15) is 0 Å². The highest BCUT2D eigenvalue weighted by atomic mass is 16.4. The van der Waals surface area contributed by atoms with Gasteiger partial charge in [0, 0.05) is 6.54 Å². The number of hydrogen-bond donors (Lipinski definition) is 1. The number of benzene rings is 1. The van der Waals surface area contributed by atoms with E-state index in [1.165, 1.54) is 24.8 Å². The molecule has 3 nitrogen and oxygen atoms in total. The molecule has 1 N–H and O–H groups in total. The van der Waals surface area contributed by atoms with Crippen LogP contribution in [0.3, 0.4) is 0 Å². The Morgan fingerprint density at radius 1 is 1.24 bits per heavy atom. The number of carboxylic acids is 1. The van der Waals surface area contributed by atoms with Gasteiger partial charge in [-0.25, -0.2) is 4.79 Å². The molecule has 1 aliphatic heterocycles. The van der Waals surface area contributed by atoms with Crippen molar-refractivity contribution in [2.45, 2.75) is 46.6 Å². The summed E-state index contributed by atoms with van der Waals surface area (Å²) in [6.07, 6.45) is 3.84. The third kappa shape index (κ3) is 4.57. The summed E-state index contributed by atoms with van der Waals surface area (Å²) in [6, 6.07) is 7.27. The molecule has 1 aromatic rings. The predicted molar refractivity (Wildman–Crippen MR) is 85.5 cm³/mol. The second-order valence-corrected chi connectivity index (χ2v) is 7.19. The first-order valence-corrected chi connectivity index (χ1v) is 7.92. The van der Waals surface area contributed by atoms with Gasteiger partial charge in [0.15, 0.2) is 0 Å². The Hall–Kier alpha value is -1.35. The minimum atomic E-state index is -0.857. The van der Waals surface area contributed by atoms with E-state index in [1.54, 1.807) is 12.1 Å². The molecule has 1 aliphatic rings. The van der Waals surface area contributed by atoms with E-state index in [0.29, 0.717) is 11.0 Å². The number of piperidine rings is 1. The van der Waals surface area contributed by atoms with Crippen molar-refractivity contribution in [3.63, 3.8) is 0 Å². The van der Waals surface area contributed by atoms with E-state index in [9.17, 15) is 4.79 Å². The Bertz CT molecular complexity index is 470. The fourth-order valence-electron chi connectivity index (χ4n) is 3.45. The molecule has 3 heteroatoms. The van der Waals surface area contributed by atoms with Crippen LogP contribution in [0.4, 0.5) is 0 Å². The third-order valence-corrected chi connectivity index (χ3v) is 4.57. The van der Waals surface area contributed by atoms with E-state index in [4.69, 9.17) is 5.11 Å². The number of hydrogen-bond acceptors (Lipinski definition) is 2. The van der Waals surface area contributed by atoms with Crippen LogP contribution in [0.2, 0.25) is 0 Å². The van der Waals surface area contributed by atoms with Crippen molar-refractivity contribution >= 4 is 5.97 Å². The molecule has 1 aromatic carbocycles. The zero-order valence-electron chi connectivity index (χ0n) is 13.4. The minimum Gasteiger partial charge on any atom is -0.478 e. The molecule has 0 saturated carbocycles. The number of rotatable bonds is 5. The fraction of sp³-hybridized carbons (Fsp3) is 0.611. The number of aromatic carboxylic acids is 1. The molecule has 116 valence electrons. The van der Waals surface area contributed by atoms with E-state index < -0.39 is 5.97 Å². The summed E-state index contributed by atoms with van der Waals surface area (Å²) in [4.78, 5) is 13.3. The van der Waals surface area contributed by atoms with E-state index >= 15 is 0 Å². The lowest BCUT2D eigenvalue weighted by Crippen LogP contribution is -2.38. The minimum absolute atomic E-state index is 0.363. The van der Waals surface area contributed by atoms with Crippen LogP contribution in [0.25, 0.3) is 0 Å². The van der Waals surface area contributed by atoms with Gasteiger partial charge in [-0.05, 0) is 61.4 Å². The number of carbonyl (C=O) groups is 1. The topological polar surface area (TPSA) is 40.5 Å². The maximum Gasteiger partial charge on any atom is 0.335 e. The fourth-order valence-corrected chi connectivity index (χ4v) is 3.45. The molecular weight excluding hydrogens is 262 g/mol. The van der Waals surface area contributed by atoms with Crippen molar-refractivity contribution in [3.05, 3.63) is 35.4 Å². The summed E-state index contributed by atoms with van der Waals surface area (Å²) in [6.45, 7) is 10.3. The van der Waals surface area contributed by atoms with Gasteiger partial charge >= 0.3 is 5.97 Å². The quantitative estimate of drug-likeness (QED) is 0.889. The molecular formula is C18H27NO2. The molecule has 0 amide bonds. The molecule has 0 radical (unpaired) electrons. The van der Waals surface area contributed by atoms with Crippen molar-refractivity contribution < 1.29 is 9.90 Å². The number of likely N-dealkylation sites (tertiary alicyclic amines) is 1. The summed E-state index contributed by atoms with van der Waals surface area (Å²) in [7, 11) is 0. The monoisotopic (exact) mass is 289 g/mol.